The maximum Gasteiger partial charge on any atom is 0.194 e. The Morgan fingerprint density at radius 2 is 1.21 bits per heavy atom. The molecule has 0 bridgehead atoms. The molecule has 1 aliphatic heterocycles. The van der Waals surface area contributed by atoms with E-state index >= 15 is 0 Å². The number of benzene rings is 6. The van der Waals surface area contributed by atoms with Crippen LogP contribution in [0.2, 0.25) is 5.02 Å². The number of ketones is 1. The van der Waals surface area contributed by atoms with Gasteiger partial charge in [0.05, 0.1) is 46.2 Å². The molecular weight excluding hydrogens is 816 g/mol. The summed E-state index contributed by atoms with van der Waals surface area (Å²) in [4.78, 5) is 15.0. The quantitative estimate of drug-likeness (QED) is 0.0668. The number of hydrogen-bond donors (Lipinski definition) is 1. The lowest BCUT2D eigenvalue weighted by molar-refractivity contribution is -0.241. The van der Waals surface area contributed by atoms with E-state index in [0.29, 0.717) is 17.2 Å². The van der Waals surface area contributed by atoms with Crippen molar-refractivity contribution in [3.05, 3.63) is 208 Å². The van der Waals surface area contributed by atoms with Gasteiger partial charge in [0, 0.05) is 16.1 Å². The number of rotatable bonds is 22. The molecule has 9 nitrogen and oxygen atoms in total. The monoisotopic (exact) mass is 870 g/mol. The Balaban J connectivity index is 1.26. The lowest BCUT2D eigenvalue weighted by atomic mass is 9.87. The van der Waals surface area contributed by atoms with Crippen molar-refractivity contribution < 1.29 is 43.1 Å². The first kappa shape index (κ1) is 45.8. The number of halogens is 1. The van der Waals surface area contributed by atoms with Crippen molar-refractivity contribution in [1.82, 2.24) is 0 Å². The van der Waals surface area contributed by atoms with Crippen LogP contribution in [-0.4, -0.2) is 60.4 Å². The van der Waals surface area contributed by atoms with Gasteiger partial charge in [0.1, 0.15) is 35.8 Å². The van der Waals surface area contributed by atoms with E-state index in [0.717, 1.165) is 33.6 Å². The highest BCUT2D eigenvalue weighted by Gasteiger charge is 2.56. The average Bonchev–Trinajstić information content (AvgIpc) is 3.63. The molecule has 0 spiro atoms. The summed E-state index contributed by atoms with van der Waals surface area (Å²) in [5, 5.41) is 13.0. The van der Waals surface area contributed by atoms with Gasteiger partial charge < -0.3 is 38.3 Å². The van der Waals surface area contributed by atoms with Gasteiger partial charge in [-0.05, 0) is 78.9 Å². The van der Waals surface area contributed by atoms with Crippen LogP contribution in [0.15, 0.2) is 164 Å². The van der Waals surface area contributed by atoms with Crippen LogP contribution in [0.25, 0.3) is 0 Å². The average molecular weight is 871 g/mol. The SMILES string of the molecule is CCOc1ccc(C(OCc2ccccc2)c2cc(C(=O)[C@H](O)[C@@H](OCc3ccccc3)[C@H](OCc3ccccc3)C3(COCc4ccccc4)COC(C)(C)O3)ccc2Cl)cc1. The summed E-state index contributed by atoms with van der Waals surface area (Å²) in [6, 6.07) is 51.4. The van der Waals surface area contributed by atoms with Gasteiger partial charge in [-0.15, -0.1) is 0 Å². The minimum absolute atomic E-state index is 0.00446. The standard InChI is InChI=1S/C53H55ClO9/c1-4-58-44-28-25-42(26-29-44)49(59-33-39-19-11-6-12-20-39)45-31-43(27-30-46(45)54)47(55)48(56)50(60-34-40-21-13-7-14-22-40)51(61-35-41-23-15-8-16-24-41)53(37-62-52(2,3)63-53)36-57-32-38-17-9-5-10-18-38/h5-31,48-51,56H,4,32-37H2,1-3H3/t48-,49?,50+,51-,53?/m0/s1. The summed E-state index contributed by atoms with van der Waals surface area (Å²) < 4.78 is 45.3. The molecule has 0 amide bonds. The molecule has 1 N–H and O–H groups in total. The molecule has 0 radical (unpaired) electrons. The van der Waals surface area contributed by atoms with Gasteiger partial charge in [-0.25, -0.2) is 0 Å². The molecule has 7 rings (SSSR count). The first-order valence-electron chi connectivity index (χ1n) is 21.3. The molecular formula is C53H55ClO9. The predicted molar refractivity (Wildman–Crippen MR) is 242 cm³/mol. The summed E-state index contributed by atoms with van der Waals surface area (Å²) in [6.07, 6.45) is -4.80. The molecule has 1 aliphatic rings. The third kappa shape index (κ3) is 12.3. The molecule has 6 aromatic carbocycles. The molecule has 1 heterocycles. The molecule has 1 saturated heterocycles. The maximum absolute atomic E-state index is 15.0. The number of aliphatic hydroxyl groups is 1. The van der Waals surface area contributed by atoms with Crippen LogP contribution in [0.4, 0.5) is 0 Å². The molecule has 0 saturated carbocycles. The number of aliphatic hydroxyl groups excluding tert-OH is 1. The Morgan fingerprint density at radius 1 is 0.683 bits per heavy atom. The van der Waals surface area contributed by atoms with Gasteiger partial charge in [-0.3, -0.25) is 4.79 Å². The Morgan fingerprint density at radius 3 is 1.73 bits per heavy atom. The van der Waals surface area contributed by atoms with Crippen molar-refractivity contribution in [2.45, 2.75) is 83.0 Å². The fraction of sp³-hybridized carbons (Fsp3) is 0.302. The molecule has 328 valence electrons. The van der Waals surface area contributed by atoms with Crippen LogP contribution in [0.5, 0.6) is 5.75 Å². The smallest absolute Gasteiger partial charge is 0.194 e. The maximum atomic E-state index is 15.0. The second-order valence-corrected chi connectivity index (χ2v) is 16.4. The largest absolute Gasteiger partial charge is 0.494 e. The van der Waals surface area contributed by atoms with E-state index in [1.165, 1.54) is 0 Å². The van der Waals surface area contributed by atoms with E-state index in [2.05, 4.69) is 0 Å². The van der Waals surface area contributed by atoms with Crippen molar-refractivity contribution in [3.8, 4) is 5.75 Å². The summed E-state index contributed by atoms with van der Waals surface area (Å²) in [5.41, 5.74) is 3.88. The van der Waals surface area contributed by atoms with Crippen molar-refractivity contribution in [1.29, 1.82) is 0 Å². The van der Waals surface area contributed by atoms with Crippen molar-refractivity contribution in [2.24, 2.45) is 0 Å². The predicted octanol–water partition coefficient (Wildman–Crippen LogP) is 10.5. The van der Waals surface area contributed by atoms with E-state index in [-0.39, 0.29) is 45.2 Å². The van der Waals surface area contributed by atoms with Crippen molar-refractivity contribution in [3.63, 3.8) is 0 Å². The van der Waals surface area contributed by atoms with E-state index in [9.17, 15) is 9.90 Å². The van der Waals surface area contributed by atoms with Gasteiger partial charge in [0.25, 0.3) is 0 Å². The van der Waals surface area contributed by atoms with E-state index in [1.54, 1.807) is 18.2 Å². The van der Waals surface area contributed by atoms with Gasteiger partial charge in [0.15, 0.2) is 11.6 Å². The molecule has 10 heteroatoms. The number of Topliss-reactive ketones (excluding diaryl/α,β-unsaturated/α-hetero) is 1. The number of ether oxygens (including phenoxy) is 7. The molecule has 0 aromatic heterocycles. The number of carbonyl (C=O) groups is 1. The van der Waals surface area contributed by atoms with Crippen molar-refractivity contribution in [2.75, 3.05) is 19.8 Å². The normalized spacial score (nSPS) is 17.7. The highest BCUT2D eigenvalue weighted by atomic mass is 35.5. The van der Waals surface area contributed by atoms with Crippen LogP contribution in [0, 0.1) is 0 Å². The fourth-order valence-corrected chi connectivity index (χ4v) is 7.93. The van der Waals surface area contributed by atoms with Gasteiger partial charge in [-0.2, -0.15) is 0 Å². The second-order valence-electron chi connectivity index (χ2n) is 16.0. The van der Waals surface area contributed by atoms with E-state index < -0.39 is 41.6 Å². The molecule has 63 heavy (non-hydrogen) atoms. The van der Waals surface area contributed by atoms with Crippen molar-refractivity contribution >= 4 is 17.4 Å². The zero-order valence-electron chi connectivity index (χ0n) is 35.9. The van der Waals surface area contributed by atoms with Gasteiger partial charge >= 0.3 is 0 Å². The molecule has 0 aliphatic carbocycles. The number of hydrogen-bond acceptors (Lipinski definition) is 9. The first-order valence-corrected chi connectivity index (χ1v) is 21.7. The molecule has 1 fully saturated rings. The highest BCUT2D eigenvalue weighted by Crippen LogP contribution is 2.40. The van der Waals surface area contributed by atoms with E-state index in [4.69, 9.17) is 44.8 Å². The lowest BCUT2D eigenvalue weighted by Crippen LogP contribution is -2.60. The molecule has 5 atom stereocenters. The molecule has 6 aromatic rings. The summed E-state index contributed by atoms with van der Waals surface area (Å²) in [7, 11) is 0. The zero-order valence-corrected chi connectivity index (χ0v) is 36.7. The Kier molecular flexibility index (Phi) is 15.9. The fourth-order valence-electron chi connectivity index (χ4n) is 7.71. The minimum Gasteiger partial charge on any atom is -0.494 e. The Bertz CT molecular complexity index is 2310. The van der Waals surface area contributed by atoms with Crippen LogP contribution in [-0.2, 0) is 54.8 Å². The van der Waals surface area contributed by atoms with E-state index in [1.807, 2.05) is 166 Å². The third-order valence-electron chi connectivity index (χ3n) is 10.8. The minimum atomic E-state index is -1.75. The zero-order chi connectivity index (χ0) is 44.1. The second kappa shape index (κ2) is 21.9. The highest BCUT2D eigenvalue weighted by molar-refractivity contribution is 6.31. The summed E-state index contributed by atoms with van der Waals surface area (Å²) in [6.45, 7) is 6.87. The third-order valence-corrected chi connectivity index (χ3v) is 11.2. The Hall–Kier alpha value is -5.20. The summed E-state index contributed by atoms with van der Waals surface area (Å²) >= 11 is 6.97. The first-order chi connectivity index (χ1) is 30.6. The van der Waals surface area contributed by atoms with Crippen LogP contribution < -0.4 is 4.74 Å². The van der Waals surface area contributed by atoms with Crippen LogP contribution in [0.3, 0.4) is 0 Å². The Labute approximate surface area is 375 Å². The van der Waals surface area contributed by atoms with Gasteiger partial charge in [-0.1, -0.05) is 145 Å². The summed E-state index contributed by atoms with van der Waals surface area (Å²) in [5.74, 6) is -0.939. The topological polar surface area (TPSA) is 102 Å². The van der Waals surface area contributed by atoms with Crippen LogP contribution in [0.1, 0.15) is 70.6 Å². The number of carbonyl (C=O) groups excluding carboxylic acids is 1. The lowest BCUT2D eigenvalue weighted by Gasteiger charge is -2.41. The van der Waals surface area contributed by atoms with Gasteiger partial charge in [0.2, 0.25) is 0 Å². The van der Waals surface area contributed by atoms with Crippen LogP contribution >= 0.6 is 11.6 Å². The molecule has 2 unspecified atom stereocenters.